The quantitative estimate of drug-likeness (QED) is 0.801. The largest absolute Gasteiger partial charge is 0.309 e. The van der Waals surface area contributed by atoms with Crippen LogP contribution in [0.15, 0.2) is 12.4 Å². The molecule has 0 saturated heterocycles. The molecule has 2 rings (SSSR count). The van der Waals surface area contributed by atoms with Gasteiger partial charge in [-0.2, -0.15) is 5.10 Å². The predicted molar refractivity (Wildman–Crippen MR) is 69.4 cm³/mol. The van der Waals surface area contributed by atoms with Crippen LogP contribution >= 0.6 is 11.6 Å². The van der Waals surface area contributed by atoms with Crippen molar-refractivity contribution in [2.45, 2.75) is 33.5 Å². The molecule has 0 atom stereocenters. The zero-order valence-corrected chi connectivity index (χ0v) is 11.4. The van der Waals surface area contributed by atoms with Crippen molar-refractivity contribution < 1.29 is 0 Å². The van der Waals surface area contributed by atoms with Crippen LogP contribution in [0.25, 0.3) is 0 Å². The fraction of sp³-hybridized carbons (Fsp3) is 0.545. The zero-order chi connectivity index (χ0) is 13.0. The first-order valence-electron chi connectivity index (χ1n) is 5.99. The summed E-state index contributed by atoms with van der Waals surface area (Å²) in [7, 11) is 0. The lowest BCUT2D eigenvalue weighted by Gasteiger charge is -2.07. The van der Waals surface area contributed by atoms with E-state index in [1.165, 1.54) is 0 Å². The third-order valence-corrected chi connectivity index (χ3v) is 3.23. The number of rotatable bonds is 6. The molecule has 0 spiro atoms. The summed E-state index contributed by atoms with van der Waals surface area (Å²) in [6.45, 7) is 7.12. The first-order valence-corrected chi connectivity index (χ1v) is 6.36. The van der Waals surface area contributed by atoms with Crippen molar-refractivity contribution in [3.8, 4) is 0 Å². The van der Waals surface area contributed by atoms with Crippen molar-refractivity contribution in [2.75, 3.05) is 6.54 Å². The fourth-order valence-electron chi connectivity index (χ4n) is 1.79. The number of hydrogen-bond donors (Lipinski definition) is 1. The molecule has 98 valence electrons. The summed E-state index contributed by atoms with van der Waals surface area (Å²) in [5.41, 5.74) is 1.92. The van der Waals surface area contributed by atoms with Gasteiger partial charge in [0.15, 0.2) is 0 Å². The normalized spacial score (nSPS) is 11.1. The van der Waals surface area contributed by atoms with Gasteiger partial charge in [0.2, 0.25) is 0 Å². The molecule has 2 aromatic rings. The van der Waals surface area contributed by atoms with Crippen molar-refractivity contribution in [3.63, 3.8) is 0 Å². The fourth-order valence-corrected chi connectivity index (χ4v) is 1.99. The summed E-state index contributed by atoms with van der Waals surface area (Å²) in [5, 5.41) is 16.1. The summed E-state index contributed by atoms with van der Waals surface area (Å²) in [4.78, 5) is 0. The van der Waals surface area contributed by atoms with Gasteiger partial charge in [0.05, 0.1) is 29.2 Å². The smallest absolute Gasteiger partial charge is 0.0860 e. The molecule has 0 unspecified atom stereocenters. The van der Waals surface area contributed by atoms with Gasteiger partial charge in [-0.1, -0.05) is 16.8 Å². The highest BCUT2D eigenvalue weighted by Gasteiger charge is 2.11. The molecule has 6 nitrogen and oxygen atoms in total. The van der Waals surface area contributed by atoms with Gasteiger partial charge in [-0.25, -0.2) is 0 Å². The molecule has 0 saturated carbocycles. The van der Waals surface area contributed by atoms with E-state index in [1.807, 2.05) is 17.8 Å². The molecule has 0 bridgehead atoms. The molecule has 0 aliphatic rings. The Hall–Kier alpha value is -1.40. The van der Waals surface area contributed by atoms with Gasteiger partial charge >= 0.3 is 0 Å². The van der Waals surface area contributed by atoms with E-state index in [1.54, 1.807) is 10.9 Å². The van der Waals surface area contributed by atoms with Crippen molar-refractivity contribution in [2.24, 2.45) is 0 Å². The van der Waals surface area contributed by atoms with E-state index < -0.39 is 0 Å². The molecule has 2 aromatic heterocycles. The Kier molecular flexibility index (Phi) is 4.33. The molecule has 2 heterocycles. The third-order valence-electron chi connectivity index (χ3n) is 2.73. The van der Waals surface area contributed by atoms with Gasteiger partial charge in [-0.05, 0) is 13.8 Å². The number of nitrogens with one attached hydrogen (secondary N) is 1. The molecule has 0 aliphatic heterocycles. The van der Waals surface area contributed by atoms with E-state index >= 15 is 0 Å². The van der Waals surface area contributed by atoms with Crippen LogP contribution in [0, 0.1) is 6.92 Å². The van der Waals surface area contributed by atoms with Crippen molar-refractivity contribution in [1.82, 2.24) is 30.1 Å². The summed E-state index contributed by atoms with van der Waals surface area (Å²) >= 11 is 6.22. The number of hydrogen-bond acceptors (Lipinski definition) is 4. The van der Waals surface area contributed by atoms with Crippen LogP contribution in [0.1, 0.15) is 18.3 Å². The number of nitrogens with zero attached hydrogens (tertiary/aromatic N) is 5. The van der Waals surface area contributed by atoms with Crippen LogP contribution in [0.4, 0.5) is 0 Å². The molecular weight excluding hydrogens is 252 g/mol. The van der Waals surface area contributed by atoms with E-state index in [4.69, 9.17) is 11.6 Å². The summed E-state index contributed by atoms with van der Waals surface area (Å²) in [6.07, 6.45) is 3.52. The summed E-state index contributed by atoms with van der Waals surface area (Å²) in [5.74, 6) is 0. The topological polar surface area (TPSA) is 60.6 Å². The molecular formula is C11H17ClN6. The van der Waals surface area contributed by atoms with E-state index in [9.17, 15) is 0 Å². The Labute approximate surface area is 111 Å². The predicted octanol–water partition coefficient (Wildman–Crippen LogP) is 1.25. The first-order chi connectivity index (χ1) is 8.72. The van der Waals surface area contributed by atoms with Crippen LogP contribution in [0.3, 0.4) is 0 Å². The molecule has 0 aliphatic carbocycles. The van der Waals surface area contributed by atoms with Crippen LogP contribution in [0.2, 0.25) is 5.02 Å². The molecule has 0 radical (unpaired) electrons. The van der Waals surface area contributed by atoms with E-state index in [-0.39, 0.29) is 0 Å². The van der Waals surface area contributed by atoms with Gasteiger partial charge in [0.1, 0.15) is 0 Å². The van der Waals surface area contributed by atoms with Gasteiger partial charge in [0.25, 0.3) is 0 Å². The van der Waals surface area contributed by atoms with E-state index in [0.717, 1.165) is 36.0 Å². The average Bonchev–Trinajstić information content (AvgIpc) is 2.96. The van der Waals surface area contributed by atoms with Crippen molar-refractivity contribution in [3.05, 3.63) is 28.8 Å². The molecule has 0 fully saturated rings. The highest BCUT2D eigenvalue weighted by Crippen LogP contribution is 2.19. The monoisotopic (exact) mass is 268 g/mol. The standard InChI is InChI=1S/C11H17ClN6/c1-3-18-10(11(12)9(2)15-18)8-13-4-6-17-7-5-14-16-17/h5,7,13H,3-4,6,8H2,1-2H3. The third kappa shape index (κ3) is 2.88. The SMILES string of the molecule is CCn1nc(C)c(Cl)c1CNCCn1ccnn1. The molecule has 7 heteroatoms. The first kappa shape index (κ1) is 13.0. The lowest BCUT2D eigenvalue weighted by Crippen LogP contribution is -2.21. The maximum Gasteiger partial charge on any atom is 0.0860 e. The second-order valence-corrected chi connectivity index (χ2v) is 4.38. The van der Waals surface area contributed by atoms with Gasteiger partial charge in [0, 0.05) is 25.8 Å². The second-order valence-electron chi connectivity index (χ2n) is 4.00. The Morgan fingerprint density at radius 1 is 1.44 bits per heavy atom. The Morgan fingerprint density at radius 3 is 2.94 bits per heavy atom. The van der Waals surface area contributed by atoms with Crippen LogP contribution in [-0.4, -0.2) is 31.3 Å². The molecule has 1 N–H and O–H groups in total. The zero-order valence-electron chi connectivity index (χ0n) is 10.6. The summed E-state index contributed by atoms with van der Waals surface area (Å²) in [6, 6.07) is 0. The minimum absolute atomic E-state index is 0.711. The van der Waals surface area contributed by atoms with Crippen molar-refractivity contribution in [1.29, 1.82) is 0 Å². The number of halogens is 1. The maximum atomic E-state index is 6.22. The van der Waals surface area contributed by atoms with Crippen LogP contribution in [0.5, 0.6) is 0 Å². The minimum Gasteiger partial charge on any atom is -0.309 e. The highest BCUT2D eigenvalue weighted by atomic mass is 35.5. The van der Waals surface area contributed by atoms with Crippen molar-refractivity contribution >= 4 is 11.6 Å². The average molecular weight is 269 g/mol. The lowest BCUT2D eigenvalue weighted by atomic mass is 10.3. The van der Waals surface area contributed by atoms with Gasteiger partial charge in [-0.3, -0.25) is 9.36 Å². The van der Waals surface area contributed by atoms with Crippen LogP contribution < -0.4 is 5.32 Å². The minimum atomic E-state index is 0.711. The highest BCUT2D eigenvalue weighted by molar-refractivity contribution is 6.31. The lowest BCUT2D eigenvalue weighted by molar-refractivity contribution is 0.522. The Bertz CT molecular complexity index is 490. The van der Waals surface area contributed by atoms with Crippen LogP contribution in [-0.2, 0) is 19.6 Å². The number of aryl methyl sites for hydroxylation is 2. The Morgan fingerprint density at radius 2 is 2.28 bits per heavy atom. The summed E-state index contributed by atoms with van der Waals surface area (Å²) < 4.78 is 3.72. The maximum absolute atomic E-state index is 6.22. The molecule has 0 aromatic carbocycles. The van der Waals surface area contributed by atoms with E-state index in [0.29, 0.717) is 6.54 Å². The number of aromatic nitrogens is 5. The van der Waals surface area contributed by atoms with Gasteiger partial charge in [-0.15, -0.1) is 5.10 Å². The molecule has 18 heavy (non-hydrogen) atoms. The van der Waals surface area contributed by atoms with Gasteiger partial charge < -0.3 is 5.32 Å². The second kappa shape index (κ2) is 5.97. The van der Waals surface area contributed by atoms with E-state index in [2.05, 4.69) is 27.7 Å². The molecule has 0 amide bonds. The Balaban J connectivity index is 1.86.